The first-order chi connectivity index (χ1) is 16.4. The van der Waals surface area contributed by atoms with E-state index in [1.165, 1.54) is 11.9 Å². The third-order valence-electron chi connectivity index (χ3n) is 6.72. The molecule has 3 aliphatic rings. The second kappa shape index (κ2) is 9.70. The van der Waals surface area contributed by atoms with E-state index in [2.05, 4.69) is 61.8 Å². The van der Waals surface area contributed by atoms with Gasteiger partial charge in [-0.15, -0.1) is 0 Å². The molecule has 0 aliphatic carbocycles. The number of carbonyl (C=O) groups excluding carboxylic acids is 1. The quantitative estimate of drug-likeness (QED) is 0.373. The topological polar surface area (TPSA) is 82.5 Å². The van der Waals surface area contributed by atoms with E-state index in [1.807, 2.05) is 30.5 Å². The fourth-order valence-corrected chi connectivity index (χ4v) is 6.09. The van der Waals surface area contributed by atoms with Crippen LogP contribution in [-0.4, -0.2) is 33.8 Å². The summed E-state index contributed by atoms with van der Waals surface area (Å²) in [5, 5.41) is 4.31. The number of hydrogen-bond donors (Lipinski definition) is 2. The molecular formula is C25H29BrN6OS. The first-order valence-electron chi connectivity index (χ1n) is 11.8. The molecule has 7 nitrogen and oxygen atoms in total. The van der Waals surface area contributed by atoms with Crippen LogP contribution in [0.5, 0.6) is 0 Å². The first-order valence-corrected chi connectivity index (χ1v) is 13.4. The second-order valence-corrected chi connectivity index (χ2v) is 11.3. The number of pyridine rings is 2. The largest absolute Gasteiger partial charge is 0.351 e. The Morgan fingerprint density at radius 2 is 2.09 bits per heavy atom. The van der Waals surface area contributed by atoms with Crippen molar-refractivity contribution in [1.82, 2.24) is 20.0 Å². The molecule has 1 amide bonds. The minimum absolute atomic E-state index is 0.00415. The van der Waals surface area contributed by atoms with Gasteiger partial charge in [0.2, 0.25) is 0 Å². The van der Waals surface area contributed by atoms with Gasteiger partial charge in [-0.25, -0.2) is 4.98 Å². The van der Waals surface area contributed by atoms with Crippen molar-refractivity contribution in [3.63, 3.8) is 0 Å². The zero-order chi connectivity index (χ0) is 23.7. The molecule has 3 aliphatic heterocycles. The summed E-state index contributed by atoms with van der Waals surface area (Å²) >= 11 is 4.81. The molecule has 0 spiro atoms. The summed E-state index contributed by atoms with van der Waals surface area (Å²) in [7, 11) is 0. The van der Waals surface area contributed by atoms with Crippen molar-refractivity contribution in [3.05, 3.63) is 63.5 Å². The number of anilines is 1. The van der Waals surface area contributed by atoms with Gasteiger partial charge in [-0.05, 0) is 85.6 Å². The van der Waals surface area contributed by atoms with Crippen LogP contribution in [0.4, 0.5) is 5.82 Å². The number of amides is 1. The number of aliphatic imine (C=N–C) groups is 1. The lowest BCUT2D eigenvalue weighted by atomic mass is 9.91. The van der Waals surface area contributed by atoms with Crippen LogP contribution in [0.15, 0.2) is 57.2 Å². The van der Waals surface area contributed by atoms with Crippen molar-refractivity contribution < 1.29 is 4.79 Å². The van der Waals surface area contributed by atoms with Crippen molar-refractivity contribution in [2.24, 2.45) is 10.9 Å². The summed E-state index contributed by atoms with van der Waals surface area (Å²) in [5.74, 6) is 2.02. The van der Waals surface area contributed by atoms with Crippen LogP contribution < -0.4 is 14.9 Å². The van der Waals surface area contributed by atoms with Gasteiger partial charge < -0.3 is 10.2 Å². The summed E-state index contributed by atoms with van der Waals surface area (Å²) in [6, 6.07) is 9.74. The van der Waals surface area contributed by atoms with Crippen molar-refractivity contribution in [3.8, 4) is 0 Å². The number of halogens is 1. The lowest BCUT2D eigenvalue weighted by Gasteiger charge is -2.33. The Bertz CT molecular complexity index is 1140. The van der Waals surface area contributed by atoms with E-state index in [-0.39, 0.29) is 17.5 Å². The van der Waals surface area contributed by atoms with Gasteiger partial charge in [0.1, 0.15) is 16.3 Å². The van der Waals surface area contributed by atoms with Crippen LogP contribution in [0.1, 0.15) is 68.0 Å². The molecule has 9 heteroatoms. The molecule has 2 atom stereocenters. The van der Waals surface area contributed by atoms with E-state index in [0.29, 0.717) is 11.5 Å². The third-order valence-corrected chi connectivity index (χ3v) is 7.94. The van der Waals surface area contributed by atoms with E-state index in [4.69, 9.17) is 9.98 Å². The molecule has 2 aromatic heterocycles. The molecule has 2 aromatic rings. The number of aromatic nitrogens is 2. The standard InChI is InChI=1S/C25H29BrN6OS/c1-25(2)14-16-9-11-19(18-6-3-4-13-27-18)28-21-7-5-8-22(30-21)34-31-24(33)17-10-12-20(26)29-23(17)32(25)15-16/h3-4,6,8,10,12-13,16,19H,5,7,9,11,14-15H2,1-2H3,(H,28,30)(H,31,33). The molecule has 0 saturated carbocycles. The molecule has 5 heterocycles. The Morgan fingerprint density at radius 3 is 2.91 bits per heavy atom. The Kier molecular flexibility index (Phi) is 6.66. The lowest BCUT2D eigenvalue weighted by molar-refractivity contribution is 0.0984. The normalized spacial score (nSPS) is 24.6. The lowest BCUT2D eigenvalue weighted by Crippen LogP contribution is -2.40. The van der Waals surface area contributed by atoms with E-state index >= 15 is 0 Å². The number of allylic oxidation sites excluding steroid dienone is 1. The maximum atomic E-state index is 13.2. The van der Waals surface area contributed by atoms with Crippen LogP contribution >= 0.6 is 27.9 Å². The number of fused-ring (bicyclic) bond motifs is 6. The molecule has 1 fully saturated rings. The van der Waals surface area contributed by atoms with E-state index in [9.17, 15) is 4.79 Å². The van der Waals surface area contributed by atoms with Crippen LogP contribution in [0.3, 0.4) is 0 Å². The second-order valence-electron chi connectivity index (χ2n) is 9.69. The SMILES string of the molecule is CC1(C)CC2CCC(c3ccccn3)N=C3CCC=C(N3)SNC(=O)c3ccc(Br)nc3N1C2. The number of nitrogens with zero attached hydrogens (tertiary/aromatic N) is 4. The van der Waals surface area contributed by atoms with Gasteiger partial charge >= 0.3 is 0 Å². The number of carbonyl (C=O) groups is 1. The zero-order valence-electron chi connectivity index (χ0n) is 19.4. The highest BCUT2D eigenvalue weighted by atomic mass is 79.9. The summed E-state index contributed by atoms with van der Waals surface area (Å²) in [6.07, 6.45) is 8.68. The Labute approximate surface area is 213 Å². The minimum Gasteiger partial charge on any atom is -0.351 e. The van der Waals surface area contributed by atoms with Crippen LogP contribution in [0.25, 0.3) is 0 Å². The van der Waals surface area contributed by atoms with E-state index in [0.717, 1.165) is 65.6 Å². The smallest absolute Gasteiger partial charge is 0.265 e. The number of nitrogens with one attached hydrogen (secondary N) is 2. The Balaban J connectivity index is 1.52. The molecule has 2 unspecified atom stereocenters. The predicted molar refractivity (Wildman–Crippen MR) is 141 cm³/mol. The highest BCUT2D eigenvalue weighted by Gasteiger charge is 2.40. The molecule has 34 heavy (non-hydrogen) atoms. The maximum Gasteiger partial charge on any atom is 0.265 e. The highest BCUT2D eigenvalue weighted by molar-refractivity contribution is 9.10. The van der Waals surface area contributed by atoms with Crippen molar-refractivity contribution in [2.75, 3.05) is 11.4 Å². The summed E-state index contributed by atoms with van der Waals surface area (Å²) in [5.41, 5.74) is 1.49. The molecule has 0 aromatic carbocycles. The highest BCUT2D eigenvalue weighted by Crippen LogP contribution is 2.41. The maximum absolute atomic E-state index is 13.2. The average Bonchev–Trinajstić information content (AvgIpc) is 3.14. The molecular weight excluding hydrogens is 512 g/mol. The van der Waals surface area contributed by atoms with Gasteiger partial charge in [0.25, 0.3) is 5.91 Å². The molecule has 2 N–H and O–H groups in total. The van der Waals surface area contributed by atoms with Crippen molar-refractivity contribution in [2.45, 2.75) is 57.5 Å². The summed E-state index contributed by atoms with van der Waals surface area (Å²) in [6.45, 7) is 5.34. The van der Waals surface area contributed by atoms with Crippen molar-refractivity contribution >= 4 is 45.4 Å². The van der Waals surface area contributed by atoms with Gasteiger partial charge in [0.05, 0.1) is 22.3 Å². The average molecular weight is 542 g/mol. The molecule has 5 rings (SSSR count). The first kappa shape index (κ1) is 23.4. The number of hydrogen-bond acceptors (Lipinski definition) is 7. The van der Waals surface area contributed by atoms with E-state index in [1.54, 1.807) is 0 Å². The predicted octanol–water partition coefficient (Wildman–Crippen LogP) is 5.38. The number of rotatable bonds is 1. The fraction of sp³-hybridized carbons (Fsp3) is 0.440. The Morgan fingerprint density at radius 1 is 1.21 bits per heavy atom. The molecule has 4 bridgehead atoms. The van der Waals surface area contributed by atoms with Gasteiger partial charge in [0, 0.05) is 36.6 Å². The van der Waals surface area contributed by atoms with Gasteiger partial charge in [-0.1, -0.05) is 12.1 Å². The zero-order valence-corrected chi connectivity index (χ0v) is 21.8. The van der Waals surface area contributed by atoms with Crippen LogP contribution in [-0.2, 0) is 0 Å². The Hall–Kier alpha value is -2.39. The number of amidine groups is 1. The molecule has 1 saturated heterocycles. The monoisotopic (exact) mass is 540 g/mol. The van der Waals surface area contributed by atoms with E-state index < -0.39 is 0 Å². The third kappa shape index (κ3) is 5.00. The van der Waals surface area contributed by atoms with Crippen molar-refractivity contribution in [1.29, 1.82) is 0 Å². The fourth-order valence-electron chi connectivity index (χ4n) is 5.11. The van der Waals surface area contributed by atoms with Gasteiger partial charge in [-0.3, -0.25) is 19.5 Å². The minimum atomic E-state index is -0.146. The summed E-state index contributed by atoms with van der Waals surface area (Å²) in [4.78, 5) is 30.0. The van der Waals surface area contributed by atoms with Crippen LogP contribution in [0.2, 0.25) is 0 Å². The van der Waals surface area contributed by atoms with Crippen LogP contribution in [0, 0.1) is 5.92 Å². The molecule has 0 radical (unpaired) electrons. The molecule has 178 valence electrons. The van der Waals surface area contributed by atoms with Gasteiger partial charge in [-0.2, -0.15) is 0 Å². The summed E-state index contributed by atoms with van der Waals surface area (Å²) < 4.78 is 3.74. The van der Waals surface area contributed by atoms with Gasteiger partial charge in [0.15, 0.2) is 0 Å².